The Hall–Kier alpha value is -0.890. The van der Waals surface area contributed by atoms with Gasteiger partial charge in [-0.3, -0.25) is 0 Å². The zero-order valence-corrected chi connectivity index (χ0v) is 12.8. The molecule has 1 N–H and O–H groups in total. The van der Waals surface area contributed by atoms with E-state index in [4.69, 9.17) is 34.8 Å². The zero-order valence-electron chi connectivity index (χ0n) is 10.5. The summed E-state index contributed by atoms with van der Waals surface area (Å²) < 4.78 is 0. The van der Waals surface area contributed by atoms with Gasteiger partial charge >= 0.3 is 0 Å². The zero-order chi connectivity index (χ0) is 13.8. The van der Waals surface area contributed by atoms with E-state index in [9.17, 15) is 0 Å². The Morgan fingerprint density at radius 2 is 1.53 bits per heavy atom. The second-order valence-corrected chi connectivity index (χ2v) is 5.47. The van der Waals surface area contributed by atoms with E-state index in [-0.39, 0.29) is 0 Å². The minimum atomic E-state index is 0.534. The molecule has 0 saturated heterocycles. The third kappa shape index (κ3) is 3.56. The van der Waals surface area contributed by atoms with Gasteiger partial charge < -0.3 is 5.32 Å². The lowest BCUT2D eigenvalue weighted by atomic mass is 10.1. The number of rotatable bonds is 4. The van der Waals surface area contributed by atoms with Crippen molar-refractivity contribution >= 4 is 40.5 Å². The molecule has 19 heavy (non-hydrogen) atoms. The van der Waals surface area contributed by atoms with Crippen LogP contribution in [0.2, 0.25) is 15.1 Å². The smallest absolute Gasteiger partial charge is 0.0722 e. The van der Waals surface area contributed by atoms with Crippen LogP contribution in [-0.4, -0.2) is 0 Å². The highest BCUT2D eigenvalue weighted by molar-refractivity contribution is 6.41. The first-order valence-electron chi connectivity index (χ1n) is 6.07. The summed E-state index contributed by atoms with van der Waals surface area (Å²) in [6.45, 7) is 2.83. The van der Waals surface area contributed by atoms with Gasteiger partial charge in [0.15, 0.2) is 0 Å². The number of hydrogen-bond acceptors (Lipinski definition) is 1. The SMILES string of the molecule is CCc1ccccc1CNc1c(Cl)cc(Cl)cc1Cl. The molecule has 0 bridgehead atoms. The highest BCUT2D eigenvalue weighted by Crippen LogP contribution is 2.34. The fraction of sp³-hybridized carbons (Fsp3) is 0.200. The Balaban J connectivity index is 2.19. The molecule has 1 nitrogen and oxygen atoms in total. The van der Waals surface area contributed by atoms with E-state index >= 15 is 0 Å². The van der Waals surface area contributed by atoms with Crippen LogP contribution < -0.4 is 5.32 Å². The van der Waals surface area contributed by atoms with Crippen molar-refractivity contribution in [2.45, 2.75) is 19.9 Å². The standard InChI is InChI=1S/C15H14Cl3N/c1-2-10-5-3-4-6-11(10)9-19-15-13(17)7-12(16)8-14(15)18/h3-8,19H,2,9H2,1H3. The van der Waals surface area contributed by atoms with Gasteiger partial charge in [-0.2, -0.15) is 0 Å². The fourth-order valence-corrected chi connectivity index (χ4v) is 2.92. The lowest BCUT2D eigenvalue weighted by Gasteiger charge is -2.13. The van der Waals surface area contributed by atoms with Crippen molar-refractivity contribution in [3.05, 3.63) is 62.6 Å². The maximum Gasteiger partial charge on any atom is 0.0722 e. The molecule has 0 aromatic heterocycles. The maximum absolute atomic E-state index is 6.14. The summed E-state index contributed by atoms with van der Waals surface area (Å²) in [7, 11) is 0. The number of nitrogens with one attached hydrogen (secondary N) is 1. The van der Waals surface area contributed by atoms with Gasteiger partial charge in [-0.1, -0.05) is 66.0 Å². The molecule has 100 valence electrons. The van der Waals surface area contributed by atoms with Crippen molar-refractivity contribution < 1.29 is 0 Å². The minimum Gasteiger partial charge on any atom is -0.379 e. The second-order valence-electron chi connectivity index (χ2n) is 4.22. The minimum absolute atomic E-state index is 0.534. The molecule has 0 spiro atoms. The number of aryl methyl sites for hydroxylation is 1. The molecule has 4 heteroatoms. The van der Waals surface area contributed by atoms with Crippen LogP contribution in [0.3, 0.4) is 0 Å². The molecule has 0 fully saturated rings. The molecule has 0 aliphatic heterocycles. The first kappa shape index (κ1) is 14.5. The van der Waals surface area contributed by atoms with Crippen molar-refractivity contribution in [1.82, 2.24) is 0 Å². The molecule has 0 unspecified atom stereocenters. The Bertz CT molecular complexity index is 558. The second kappa shape index (κ2) is 6.51. The van der Waals surface area contributed by atoms with Crippen LogP contribution in [0.5, 0.6) is 0 Å². The van der Waals surface area contributed by atoms with Crippen LogP contribution in [0.4, 0.5) is 5.69 Å². The third-order valence-corrected chi connectivity index (χ3v) is 3.78. The summed E-state index contributed by atoms with van der Waals surface area (Å²) in [6, 6.07) is 11.7. The highest BCUT2D eigenvalue weighted by atomic mass is 35.5. The molecule has 0 atom stereocenters. The number of hydrogen-bond donors (Lipinski definition) is 1. The Labute approximate surface area is 128 Å². The summed E-state index contributed by atoms with van der Waals surface area (Å²) in [6.07, 6.45) is 1.000. The van der Waals surface area contributed by atoms with Crippen molar-refractivity contribution in [3.8, 4) is 0 Å². The molecule has 0 heterocycles. The largest absolute Gasteiger partial charge is 0.379 e. The summed E-state index contributed by atoms with van der Waals surface area (Å²) in [5.41, 5.74) is 3.28. The number of anilines is 1. The fourth-order valence-electron chi connectivity index (χ4n) is 1.97. The molecule has 2 rings (SSSR count). The topological polar surface area (TPSA) is 12.0 Å². The Morgan fingerprint density at radius 1 is 0.947 bits per heavy atom. The van der Waals surface area contributed by atoms with Crippen molar-refractivity contribution in [2.75, 3.05) is 5.32 Å². The van der Waals surface area contributed by atoms with Crippen LogP contribution >= 0.6 is 34.8 Å². The summed E-state index contributed by atoms with van der Waals surface area (Å²) in [5, 5.41) is 4.88. The van der Waals surface area contributed by atoms with E-state index in [2.05, 4.69) is 24.4 Å². The van der Waals surface area contributed by atoms with Crippen molar-refractivity contribution in [1.29, 1.82) is 0 Å². The lowest BCUT2D eigenvalue weighted by Crippen LogP contribution is -2.03. The first-order valence-corrected chi connectivity index (χ1v) is 7.20. The van der Waals surface area contributed by atoms with Gasteiger partial charge in [0.1, 0.15) is 0 Å². The van der Waals surface area contributed by atoms with Crippen LogP contribution in [0.1, 0.15) is 18.1 Å². The first-order chi connectivity index (χ1) is 9.11. The van der Waals surface area contributed by atoms with E-state index in [0.29, 0.717) is 21.6 Å². The molecule has 0 amide bonds. The normalized spacial score (nSPS) is 10.5. The van der Waals surface area contributed by atoms with Gasteiger partial charge in [-0.05, 0) is 29.7 Å². The average Bonchev–Trinajstić information content (AvgIpc) is 2.38. The Morgan fingerprint density at radius 3 is 2.11 bits per heavy atom. The van der Waals surface area contributed by atoms with E-state index in [0.717, 1.165) is 12.1 Å². The lowest BCUT2D eigenvalue weighted by molar-refractivity contribution is 1.04. The molecule has 0 saturated carbocycles. The molecule has 2 aromatic carbocycles. The summed E-state index contributed by atoms with van der Waals surface area (Å²) >= 11 is 18.2. The van der Waals surface area contributed by atoms with Crippen LogP contribution in [0.15, 0.2) is 36.4 Å². The monoisotopic (exact) mass is 313 g/mol. The van der Waals surface area contributed by atoms with E-state index in [1.54, 1.807) is 12.1 Å². The van der Waals surface area contributed by atoms with Crippen LogP contribution in [0, 0.1) is 0 Å². The van der Waals surface area contributed by atoms with Crippen molar-refractivity contribution in [3.63, 3.8) is 0 Å². The van der Waals surface area contributed by atoms with Gasteiger partial charge in [0.25, 0.3) is 0 Å². The number of halogens is 3. The van der Waals surface area contributed by atoms with Gasteiger partial charge in [0, 0.05) is 11.6 Å². The van der Waals surface area contributed by atoms with Crippen LogP contribution in [-0.2, 0) is 13.0 Å². The molecule has 2 aromatic rings. The van der Waals surface area contributed by atoms with Gasteiger partial charge in [0.2, 0.25) is 0 Å². The quantitative estimate of drug-likeness (QED) is 0.749. The predicted octanol–water partition coefficient (Wildman–Crippen LogP) is 5.82. The van der Waals surface area contributed by atoms with Gasteiger partial charge in [-0.25, -0.2) is 0 Å². The number of benzene rings is 2. The average molecular weight is 315 g/mol. The van der Waals surface area contributed by atoms with Crippen molar-refractivity contribution in [2.24, 2.45) is 0 Å². The van der Waals surface area contributed by atoms with Gasteiger partial charge in [-0.15, -0.1) is 0 Å². The Kier molecular flexibility index (Phi) is 4.98. The highest BCUT2D eigenvalue weighted by Gasteiger charge is 2.08. The van der Waals surface area contributed by atoms with Gasteiger partial charge in [0.05, 0.1) is 15.7 Å². The molecular formula is C15H14Cl3N. The molecule has 0 radical (unpaired) electrons. The molecule has 0 aliphatic carbocycles. The predicted molar refractivity (Wildman–Crippen MR) is 84.6 cm³/mol. The van der Waals surface area contributed by atoms with Crippen LogP contribution in [0.25, 0.3) is 0 Å². The van der Waals surface area contributed by atoms with E-state index < -0.39 is 0 Å². The third-order valence-electron chi connectivity index (χ3n) is 2.96. The summed E-state index contributed by atoms with van der Waals surface area (Å²) in [5.74, 6) is 0. The summed E-state index contributed by atoms with van der Waals surface area (Å²) in [4.78, 5) is 0. The maximum atomic E-state index is 6.14. The molecule has 0 aliphatic rings. The van der Waals surface area contributed by atoms with E-state index in [1.165, 1.54) is 11.1 Å². The molecular weight excluding hydrogens is 301 g/mol. The van der Waals surface area contributed by atoms with E-state index in [1.807, 2.05) is 12.1 Å².